The largest absolute Gasteiger partial charge is 0.382 e. The maximum absolute atomic E-state index is 13.6. The predicted molar refractivity (Wildman–Crippen MR) is 65.0 cm³/mol. The molecule has 0 saturated heterocycles. The van der Waals surface area contributed by atoms with E-state index >= 15 is 0 Å². The van der Waals surface area contributed by atoms with Gasteiger partial charge in [-0.05, 0) is 30.7 Å². The van der Waals surface area contributed by atoms with Gasteiger partial charge in [0.15, 0.2) is 0 Å². The van der Waals surface area contributed by atoms with E-state index in [1.807, 2.05) is 6.92 Å². The smallest absolute Gasteiger partial charge is 0.142 e. The molecule has 0 radical (unpaired) electrons. The molecule has 2 rings (SSSR count). The zero-order valence-electron chi connectivity index (χ0n) is 9.36. The van der Waals surface area contributed by atoms with Gasteiger partial charge in [-0.1, -0.05) is 23.2 Å². The summed E-state index contributed by atoms with van der Waals surface area (Å²) in [5, 5.41) is 3.06. The van der Waals surface area contributed by atoms with E-state index in [4.69, 9.17) is 11.6 Å². The van der Waals surface area contributed by atoms with E-state index in [1.54, 1.807) is 6.07 Å². The molecule has 1 aromatic carbocycles. The Bertz CT molecular complexity index is 506. The van der Waals surface area contributed by atoms with Crippen LogP contribution in [0.3, 0.4) is 0 Å². The first-order valence-electron chi connectivity index (χ1n) is 5.30. The highest BCUT2D eigenvalue weighted by Crippen LogP contribution is 2.20. The fourth-order valence-corrected chi connectivity index (χ4v) is 1.80. The van der Waals surface area contributed by atoms with Crippen LogP contribution in [-0.4, -0.2) is 6.54 Å². The Labute approximate surface area is 104 Å². The molecule has 1 aromatic rings. The molecule has 1 N–H and O–H groups in total. The average Bonchev–Trinajstić information content (AvgIpc) is 2.27. The normalized spacial score (nSPS) is 15.6. The summed E-state index contributed by atoms with van der Waals surface area (Å²) in [7, 11) is 0. The molecule has 0 unspecified atom stereocenters. The Morgan fingerprint density at radius 1 is 1.35 bits per heavy atom. The van der Waals surface area contributed by atoms with E-state index in [2.05, 4.69) is 5.32 Å². The molecule has 1 aliphatic heterocycles. The lowest BCUT2D eigenvalue weighted by Crippen LogP contribution is -2.21. The average molecular weight is 256 g/mol. The Balaban J connectivity index is 2.21. The summed E-state index contributed by atoms with van der Waals surface area (Å²) in [5.74, 6) is -0.767. The van der Waals surface area contributed by atoms with Crippen LogP contribution in [0.15, 0.2) is 41.4 Å². The van der Waals surface area contributed by atoms with Crippen molar-refractivity contribution in [3.05, 3.63) is 57.8 Å². The fraction of sp³-hybridized carbons (Fsp3) is 0.231. The molecule has 0 atom stereocenters. The second kappa shape index (κ2) is 4.88. The van der Waals surface area contributed by atoms with E-state index in [0.29, 0.717) is 24.2 Å². The minimum Gasteiger partial charge on any atom is -0.382 e. The van der Waals surface area contributed by atoms with Gasteiger partial charge in [0.25, 0.3) is 0 Å². The summed E-state index contributed by atoms with van der Waals surface area (Å²) < 4.78 is 26.8. The summed E-state index contributed by atoms with van der Waals surface area (Å²) in [5.41, 5.74) is 2.11. The van der Waals surface area contributed by atoms with Gasteiger partial charge in [0.1, 0.15) is 11.6 Å². The second-order valence-electron chi connectivity index (χ2n) is 4.10. The van der Waals surface area contributed by atoms with Crippen LogP contribution in [0, 0.1) is 5.82 Å². The second-order valence-corrected chi connectivity index (χ2v) is 4.50. The first kappa shape index (κ1) is 12.1. The monoisotopic (exact) mass is 255 g/mol. The van der Waals surface area contributed by atoms with E-state index in [0.717, 1.165) is 5.57 Å². The third-order valence-corrected chi connectivity index (χ3v) is 2.91. The van der Waals surface area contributed by atoms with Crippen molar-refractivity contribution in [2.45, 2.75) is 13.3 Å². The van der Waals surface area contributed by atoms with E-state index in [9.17, 15) is 8.78 Å². The molecule has 4 heteroatoms. The predicted octanol–water partition coefficient (Wildman–Crippen LogP) is 3.75. The number of nitrogens with one attached hydrogen (secondary N) is 1. The van der Waals surface area contributed by atoms with Crippen LogP contribution in [-0.2, 0) is 6.42 Å². The topological polar surface area (TPSA) is 12.0 Å². The molecule has 0 spiro atoms. The number of benzene rings is 1. The lowest BCUT2D eigenvalue weighted by molar-refractivity contribution is 0.608. The van der Waals surface area contributed by atoms with Gasteiger partial charge >= 0.3 is 0 Å². The molecule has 90 valence electrons. The highest BCUT2D eigenvalue weighted by atomic mass is 35.5. The zero-order valence-corrected chi connectivity index (χ0v) is 10.1. The zero-order chi connectivity index (χ0) is 12.4. The summed E-state index contributed by atoms with van der Waals surface area (Å²) in [6, 6.07) is 4.50. The van der Waals surface area contributed by atoms with Crippen molar-refractivity contribution in [3.8, 4) is 0 Å². The molecule has 1 heterocycles. The lowest BCUT2D eigenvalue weighted by atomic mass is 10.1. The number of dihydropyridines is 1. The summed E-state index contributed by atoms with van der Waals surface area (Å²) in [4.78, 5) is 0. The maximum Gasteiger partial charge on any atom is 0.142 e. The van der Waals surface area contributed by atoms with Crippen molar-refractivity contribution in [2.75, 3.05) is 6.54 Å². The maximum atomic E-state index is 13.6. The van der Waals surface area contributed by atoms with Crippen LogP contribution in [0.4, 0.5) is 8.78 Å². The first-order chi connectivity index (χ1) is 8.06. The SMILES string of the molecule is CC1=CC(F)=C(Cc2ccc(Cl)c(F)c2)NC1. The van der Waals surface area contributed by atoms with Gasteiger partial charge in [0, 0.05) is 13.0 Å². The Hall–Kier alpha value is -1.35. The van der Waals surface area contributed by atoms with Crippen molar-refractivity contribution in [2.24, 2.45) is 0 Å². The molecular weight excluding hydrogens is 244 g/mol. The molecule has 1 aliphatic rings. The lowest BCUT2D eigenvalue weighted by Gasteiger charge is -2.16. The molecule has 0 aromatic heterocycles. The highest BCUT2D eigenvalue weighted by molar-refractivity contribution is 6.30. The summed E-state index contributed by atoms with van der Waals surface area (Å²) in [6.07, 6.45) is 1.84. The number of halogens is 3. The van der Waals surface area contributed by atoms with Crippen LogP contribution in [0.2, 0.25) is 5.02 Å². The molecule has 1 nitrogen and oxygen atoms in total. The van der Waals surface area contributed by atoms with E-state index < -0.39 is 5.82 Å². The minimum absolute atomic E-state index is 0.0792. The van der Waals surface area contributed by atoms with Crippen molar-refractivity contribution in [1.29, 1.82) is 0 Å². The van der Waals surface area contributed by atoms with Gasteiger partial charge in [0.2, 0.25) is 0 Å². The molecular formula is C13H12ClF2N. The van der Waals surface area contributed by atoms with Crippen LogP contribution in [0.25, 0.3) is 0 Å². The highest BCUT2D eigenvalue weighted by Gasteiger charge is 2.11. The van der Waals surface area contributed by atoms with Gasteiger partial charge in [-0.3, -0.25) is 0 Å². The third-order valence-electron chi connectivity index (χ3n) is 2.61. The van der Waals surface area contributed by atoms with E-state index in [-0.39, 0.29) is 10.8 Å². The summed E-state index contributed by atoms with van der Waals surface area (Å²) >= 11 is 5.58. The summed E-state index contributed by atoms with van der Waals surface area (Å²) in [6.45, 7) is 2.48. The van der Waals surface area contributed by atoms with Crippen LogP contribution >= 0.6 is 11.6 Å². The van der Waals surface area contributed by atoms with Crippen molar-refractivity contribution in [1.82, 2.24) is 5.32 Å². The Morgan fingerprint density at radius 2 is 2.12 bits per heavy atom. The van der Waals surface area contributed by atoms with Crippen LogP contribution in [0.5, 0.6) is 0 Å². The quantitative estimate of drug-likeness (QED) is 0.849. The van der Waals surface area contributed by atoms with Crippen LogP contribution in [0.1, 0.15) is 12.5 Å². The third kappa shape index (κ3) is 2.86. The standard InChI is InChI=1S/C13H12ClF2N/c1-8-4-12(16)13(17-7-8)6-9-2-3-10(14)11(15)5-9/h2-5,17H,6-7H2,1H3. The fourth-order valence-electron chi connectivity index (χ4n) is 1.69. The van der Waals surface area contributed by atoms with Gasteiger partial charge in [-0.2, -0.15) is 0 Å². The number of hydrogen-bond acceptors (Lipinski definition) is 1. The first-order valence-corrected chi connectivity index (χ1v) is 5.67. The molecule has 0 aliphatic carbocycles. The number of allylic oxidation sites excluding steroid dienone is 3. The molecule has 0 amide bonds. The molecule has 0 fully saturated rings. The number of hydrogen-bond donors (Lipinski definition) is 1. The van der Waals surface area contributed by atoms with E-state index in [1.165, 1.54) is 18.2 Å². The van der Waals surface area contributed by atoms with Crippen molar-refractivity contribution in [3.63, 3.8) is 0 Å². The molecule has 0 saturated carbocycles. The van der Waals surface area contributed by atoms with Gasteiger partial charge in [-0.15, -0.1) is 0 Å². The van der Waals surface area contributed by atoms with Gasteiger partial charge < -0.3 is 5.32 Å². The Kier molecular flexibility index (Phi) is 3.48. The Morgan fingerprint density at radius 3 is 2.76 bits per heavy atom. The minimum atomic E-state index is -0.479. The van der Waals surface area contributed by atoms with Crippen LogP contribution < -0.4 is 5.32 Å². The van der Waals surface area contributed by atoms with Crippen molar-refractivity contribution >= 4 is 11.6 Å². The van der Waals surface area contributed by atoms with Gasteiger partial charge in [0.05, 0.1) is 10.7 Å². The van der Waals surface area contributed by atoms with Crippen molar-refractivity contribution < 1.29 is 8.78 Å². The number of rotatable bonds is 2. The molecule has 17 heavy (non-hydrogen) atoms. The van der Waals surface area contributed by atoms with Gasteiger partial charge in [-0.25, -0.2) is 8.78 Å². The molecule has 0 bridgehead atoms.